The number of nitrogen functional groups attached to an aromatic ring is 1. The molecule has 2 heterocycles. The third kappa shape index (κ3) is 3.65. The number of hydrogen-bond acceptors (Lipinski definition) is 3. The summed E-state index contributed by atoms with van der Waals surface area (Å²) in [5.74, 6) is 6.81. The van der Waals surface area contributed by atoms with Crippen molar-refractivity contribution in [3.05, 3.63) is 70.1 Å². The van der Waals surface area contributed by atoms with Crippen molar-refractivity contribution in [1.82, 2.24) is 9.97 Å². The monoisotopic (exact) mass is 347 g/mol. The van der Waals surface area contributed by atoms with Gasteiger partial charge in [-0.2, -0.15) is 0 Å². The van der Waals surface area contributed by atoms with Gasteiger partial charge in [-0.3, -0.25) is 0 Å². The van der Waals surface area contributed by atoms with Crippen LogP contribution < -0.4 is 5.73 Å². The molecule has 1 aromatic carbocycles. The normalized spacial score (nSPS) is 10.2. The van der Waals surface area contributed by atoms with Crippen molar-refractivity contribution in [2.24, 2.45) is 0 Å². The Morgan fingerprint density at radius 3 is 2.60 bits per heavy atom. The molecule has 4 heteroatoms. The molecule has 0 amide bonds. The second kappa shape index (κ2) is 6.96. The van der Waals surface area contributed by atoms with E-state index in [1.807, 2.05) is 30.3 Å². The third-order valence-corrected chi connectivity index (χ3v) is 4.41. The number of allylic oxidation sites excluding steroid dienone is 2. The Kier molecular flexibility index (Phi) is 4.74. The first-order valence-corrected chi connectivity index (χ1v) is 8.31. The number of pyridine rings is 2. The molecule has 3 nitrogen and oxygen atoms in total. The lowest BCUT2D eigenvalue weighted by atomic mass is 10.0. The van der Waals surface area contributed by atoms with Crippen LogP contribution in [-0.4, -0.2) is 9.97 Å². The van der Waals surface area contributed by atoms with Crippen molar-refractivity contribution in [2.45, 2.75) is 20.8 Å². The second-order valence-corrected chi connectivity index (χ2v) is 6.40. The van der Waals surface area contributed by atoms with Crippen molar-refractivity contribution in [3.63, 3.8) is 0 Å². The first kappa shape index (κ1) is 17.0. The number of fused-ring (bicyclic) bond motifs is 1. The molecule has 2 N–H and O–H groups in total. The highest BCUT2D eigenvalue weighted by atomic mass is 35.5. The Hall–Kier alpha value is -2.83. The van der Waals surface area contributed by atoms with E-state index in [4.69, 9.17) is 17.3 Å². The molecule has 124 valence electrons. The zero-order valence-corrected chi connectivity index (χ0v) is 15.1. The molecule has 0 atom stereocenters. The van der Waals surface area contributed by atoms with Crippen LogP contribution in [0.3, 0.4) is 0 Å². The summed E-state index contributed by atoms with van der Waals surface area (Å²) in [4.78, 5) is 8.50. The molecule has 3 rings (SSSR count). The van der Waals surface area contributed by atoms with Crippen molar-refractivity contribution in [3.8, 4) is 11.8 Å². The Balaban J connectivity index is 2.07. The predicted octanol–water partition coefficient (Wildman–Crippen LogP) is 5.08. The number of halogens is 1. The van der Waals surface area contributed by atoms with E-state index in [1.54, 1.807) is 12.3 Å². The van der Waals surface area contributed by atoms with Gasteiger partial charge in [0.05, 0.1) is 0 Å². The SMILES string of the molecule is CC(C)=C(C)c1ccc(N)nc1C#Cc1ccc2c(Cl)nccc2c1. The van der Waals surface area contributed by atoms with E-state index in [1.165, 1.54) is 5.57 Å². The summed E-state index contributed by atoms with van der Waals surface area (Å²) >= 11 is 6.11. The summed E-state index contributed by atoms with van der Waals surface area (Å²) in [5, 5.41) is 2.42. The van der Waals surface area contributed by atoms with Gasteiger partial charge < -0.3 is 5.73 Å². The Morgan fingerprint density at radius 1 is 1.04 bits per heavy atom. The molecule has 0 bridgehead atoms. The number of benzene rings is 1. The lowest BCUT2D eigenvalue weighted by molar-refractivity contribution is 1.26. The van der Waals surface area contributed by atoms with Gasteiger partial charge in [-0.15, -0.1) is 0 Å². The van der Waals surface area contributed by atoms with Crippen LogP contribution >= 0.6 is 11.6 Å². The van der Waals surface area contributed by atoms with Crippen LogP contribution in [0.4, 0.5) is 5.82 Å². The molecule has 0 aliphatic carbocycles. The molecule has 0 saturated carbocycles. The van der Waals surface area contributed by atoms with Gasteiger partial charge in [-0.1, -0.05) is 29.2 Å². The molecule has 0 radical (unpaired) electrons. The molecule has 3 aromatic rings. The van der Waals surface area contributed by atoms with Crippen molar-refractivity contribution >= 4 is 33.8 Å². The molecule has 0 saturated heterocycles. The van der Waals surface area contributed by atoms with E-state index in [0.717, 1.165) is 27.5 Å². The van der Waals surface area contributed by atoms with Crippen LogP contribution in [0, 0.1) is 11.8 Å². The van der Waals surface area contributed by atoms with E-state index in [2.05, 4.69) is 42.6 Å². The molecule has 0 fully saturated rings. The van der Waals surface area contributed by atoms with Crippen molar-refractivity contribution in [1.29, 1.82) is 0 Å². The highest BCUT2D eigenvalue weighted by Crippen LogP contribution is 2.23. The van der Waals surface area contributed by atoms with Gasteiger partial charge in [-0.25, -0.2) is 9.97 Å². The quantitative estimate of drug-likeness (QED) is 0.493. The number of nitrogens with two attached hydrogens (primary N) is 1. The summed E-state index contributed by atoms with van der Waals surface area (Å²) in [7, 11) is 0. The summed E-state index contributed by atoms with van der Waals surface area (Å²) in [5.41, 5.74) is 10.8. The van der Waals surface area contributed by atoms with Gasteiger partial charge in [0, 0.05) is 22.7 Å². The van der Waals surface area contributed by atoms with E-state index in [9.17, 15) is 0 Å². The van der Waals surface area contributed by atoms with Crippen LogP contribution in [-0.2, 0) is 0 Å². The fourth-order valence-corrected chi connectivity index (χ4v) is 2.72. The minimum Gasteiger partial charge on any atom is -0.384 e. The van der Waals surface area contributed by atoms with Gasteiger partial charge in [-0.05, 0) is 68.0 Å². The zero-order chi connectivity index (χ0) is 18.0. The third-order valence-electron chi connectivity index (χ3n) is 4.11. The summed E-state index contributed by atoms with van der Waals surface area (Å²) in [6.45, 7) is 6.22. The Morgan fingerprint density at radius 2 is 1.84 bits per heavy atom. The molecule has 0 spiro atoms. The van der Waals surface area contributed by atoms with E-state index < -0.39 is 0 Å². The largest absolute Gasteiger partial charge is 0.384 e. The Labute approximate surface area is 152 Å². The number of aromatic nitrogens is 2. The van der Waals surface area contributed by atoms with Crippen LogP contribution in [0.15, 0.2) is 48.2 Å². The van der Waals surface area contributed by atoms with Crippen LogP contribution in [0.2, 0.25) is 5.15 Å². The molecule has 0 aliphatic heterocycles. The van der Waals surface area contributed by atoms with Crippen LogP contribution in [0.25, 0.3) is 16.3 Å². The minimum absolute atomic E-state index is 0.464. The number of anilines is 1. The highest BCUT2D eigenvalue weighted by Gasteiger charge is 2.06. The first-order valence-electron chi connectivity index (χ1n) is 7.93. The van der Waals surface area contributed by atoms with E-state index >= 15 is 0 Å². The summed E-state index contributed by atoms with van der Waals surface area (Å²) < 4.78 is 0. The van der Waals surface area contributed by atoms with Gasteiger partial charge in [0.1, 0.15) is 16.7 Å². The van der Waals surface area contributed by atoms with E-state index in [-0.39, 0.29) is 0 Å². The van der Waals surface area contributed by atoms with Crippen LogP contribution in [0.1, 0.15) is 37.6 Å². The molecule has 2 aromatic heterocycles. The highest BCUT2D eigenvalue weighted by molar-refractivity contribution is 6.34. The average molecular weight is 348 g/mol. The van der Waals surface area contributed by atoms with Gasteiger partial charge >= 0.3 is 0 Å². The first-order chi connectivity index (χ1) is 12.0. The maximum atomic E-state index is 6.11. The lowest BCUT2D eigenvalue weighted by Crippen LogP contribution is -1.97. The predicted molar refractivity (Wildman–Crippen MR) is 105 cm³/mol. The fraction of sp³-hybridized carbons (Fsp3) is 0.143. The molecule has 0 aliphatic rings. The minimum atomic E-state index is 0.464. The summed E-state index contributed by atoms with van der Waals surface area (Å²) in [6.07, 6.45) is 1.69. The van der Waals surface area contributed by atoms with Crippen molar-refractivity contribution in [2.75, 3.05) is 5.73 Å². The van der Waals surface area contributed by atoms with Crippen molar-refractivity contribution < 1.29 is 0 Å². The topological polar surface area (TPSA) is 51.8 Å². The molecular formula is C21H18ClN3. The number of nitrogens with zero attached hydrogens (tertiary/aromatic N) is 2. The second-order valence-electron chi connectivity index (χ2n) is 6.04. The number of hydrogen-bond donors (Lipinski definition) is 1. The van der Waals surface area contributed by atoms with Crippen LogP contribution in [0.5, 0.6) is 0 Å². The maximum Gasteiger partial charge on any atom is 0.136 e. The number of rotatable bonds is 1. The molecule has 0 unspecified atom stereocenters. The Bertz CT molecular complexity index is 1050. The summed E-state index contributed by atoms with van der Waals surface area (Å²) in [6, 6.07) is 11.6. The van der Waals surface area contributed by atoms with Gasteiger partial charge in [0.2, 0.25) is 0 Å². The van der Waals surface area contributed by atoms with Gasteiger partial charge in [0.25, 0.3) is 0 Å². The smallest absolute Gasteiger partial charge is 0.136 e. The average Bonchev–Trinajstić information content (AvgIpc) is 2.59. The lowest BCUT2D eigenvalue weighted by Gasteiger charge is -2.07. The van der Waals surface area contributed by atoms with Gasteiger partial charge in [0.15, 0.2) is 0 Å². The molecular weight excluding hydrogens is 330 g/mol. The van der Waals surface area contributed by atoms with E-state index in [0.29, 0.717) is 16.7 Å². The standard InChI is InChI=1S/C21H18ClN3/c1-13(2)14(3)17-7-9-20(23)25-19(17)8-5-15-4-6-18-16(12-15)10-11-24-21(18)22/h4,6-7,9-12H,1-3H3,(H2,23,25). The maximum absolute atomic E-state index is 6.11. The fourth-order valence-electron chi connectivity index (χ4n) is 2.49. The molecule has 25 heavy (non-hydrogen) atoms. The zero-order valence-electron chi connectivity index (χ0n) is 14.4.